The van der Waals surface area contributed by atoms with Crippen LogP contribution in [0, 0.1) is 0 Å². The quantitative estimate of drug-likeness (QED) is 0.147. The zero-order chi connectivity index (χ0) is 23.5. The van der Waals surface area contributed by atoms with Crippen molar-refractivity contribution in [2.75, 3.05) is 7.11 Å². The van der Waals surface area contributed by atoms with E-state index in [1.807, 2.05) is 0 Å². The molecule has 2 heterocycles. The number of carbonyl (C=O) groups excluding carboxylic acids is 4. The molecule has 1 atom stereocenters. The summed E-state index contributed by atoms with van der Waals surface area (Å²) in [6.07, 6.45) is 1.35. The monoisotopic (exact) mass is 481 g/mol. The first-order valence-corrected chi connectivity index (χ1v) is 10.9. The number of esters is 1. The Morgan fingerprint density at radius 2 is 1.91 bits per heavy atom. The van der Waals surface area contributed by atoms with E-state index in [-0.39, 0.29) is 16.3 Å². The third-order valence-electron chi connectivity index (χ3n) is 4.88. The predicted molar refractivity (Wildman–Crippen MR) is 123 cm³/mol. The van der Waals surface area contributed by atoms with Crippen LogP contribution in [0.5, 0.6) is 11.5 Å². The van der Waals surface area contributed by atoms with E-state index in [1.54, 1.807) is 47.8 Å². The van der Waals surface area contributed by atoms with Crippen molar-refractivity contribution in [1.29, 1.82) is 0 Å². The van der Waals surface area contributed by atoms with Gasteiger partial charge in [0.25, 0.3) is 5.91 Å². The lowest BCUT2D eigenvalue weighted by atomic mass is 9.85. The summed E-state index contributed by atoms with van der Waals surface area (Å²) in [5.74, 6) is -3.30. The Hall–Kier alpha value is -3.75. The number of methoxy groups -OCH3 is 1. The maximum absolute atomic E-state index is 13.1. The van der Waals surface area contributed by atoms with Gasteiger partial charge in [0.2, 0.25) is 5.91 Å². The van der Waals surface area contributed by atoms with Crippen LogP contribution in [0.4, 0.5) is 0 Å². The number of carbonyl (C=O) groups is 4. The molecule has 0 aliphatic carbocycles. The molecule has 2 amide bonds. The van der Waals surface area contributed by atoms with E-state index in [4.69, 9.17) is 21.1 Å². The van der Waals surface area contributed by atoms with Crippen LogP contribution < -0.4 is 14.8 Å². The highest BCUT2D eigenvalue weighted by atomic mass is 35.5. The van der Waals surface area contributed by atoms with Gasteiger partial charge < -0.3 is 9.47 Å². The van der Waals surface area contributed by atoms with Crippen LogP contribution in [0.25, 0.3) is 6.08 Å². The second kappa shape index (κ2) is 9.40. The first-order valence-electron chi connectivity index (χ1n) is 9.67. The summed E-state index contributed by atoms with van der Waals surface area (Å²) in [6.45, 7) is 0. The van der Waals surface area contributed by atoms with Crippen LogP contribution in [0.15, 0.2) is 65.6 Å². The van der Waals surface area contributed by atoms with E-state index in [9.17, 15) is 19.2 Å². The Kier molecular flexibility index (Phi) is 6.39. The standard InChI is InChI=1S/C24H16ClNO6S/c1-31-18-8-7-14(12-17(18)25)20-21(27)16(22(28)26-23(20)29)11-13-4-2-5-15(10-13)32-24(30)19-6-3-9-33-19/h2-12,20H,1H3,(H,26,28,29)/b16-11+. The predicted octanol–water partition coefficient (Wildman–Crippen LogP) is 4.02. The van der Waals surface area contributed by atoms with Crippen molar-refractivity contribution in [3.8, 4) is 11.5 Å². The van der Waals surface area contributed by atoms with Gasteiger partial charge in [0.05, 0.1) is 17.7 Å². The van der Waals surface area contributed by atoms with Crippen molar-refractivity contribution in [2.45, 2.75) is 5.92 Å². The average molecular weight is 482 g/mol. The van der Waals surface area contributed by atoms with E-state index >= 15 is 0 Å². The lowest BCUT2D eigenvalue weighted by Crippen LogP contribution is -2.46. The molecule has 2 aromatic carbocycles. The minimum absolute atomic E-state index is 0.201. The summed E-state index contributed by atoms with van der Waals surface area (Å²) >= 11 is 7.40. The number of hydrogen-bond donors (Lipinski definition) is 1. The maximum atomic E-state index is 13.1. The molecule has 9 heteroatoms. The van der Waals surface area contributed by atoms with Crippen molar-refractivity contribution in [3.63, 3.8) is 0 Å². The lowest BCUT2D eigenvalue weighted by molar-refractivity contribution is -0.136. The molecule has 1 saturated heterocycles. The van der Waals surface area contributed by atoms with E-state index in [0.29, 0.717) is 21.8 Å². The fraction of sp³-hybridized carbons (Fsp3) is 0.0833. The highest BCUT2D eigenvalue weighted by Gasteiger charge is 2.39. The van der Waals surface area contributed by atoms with Crippen molar-refractivity contribution in [3.05, 3.63) is 86.6 Å². The molecular weight excluding hydrogens is 466 g/mol. The van der Waals surface area contributed by atoms with Gasteiger partial charge in [-0.25, -0.2) is 4.79 Å². The fourth-order valence-corrected chi connectivity index (χ4v) is 4.19. The number of piperidine rings is 1. The fourth-order valence-electron chi connectivity index (χ4n) is 3.33. The number of rotatable bonds is 5. The van der Waals surface area contributed by atoms with Crippen molar-refractivity contribution < 1.29 is 28.7 Å². The normalized spacial score (nSPS) is 17.1. The number of amides is 2. The number of hydrogen-bond acceptors (Lipinski definition) is 7. The van der Waals surface area contributed by atoms with Crippen LogP contribution in [-0.2, 0) is 14.4 Å². The number of ether oxygens (including phenoxy) is 2. The number of imide groups is 1. The Morgan fingerprint density at radius 3 is 2.61 bits per heavy atom. The SMILES string of the molecule is COc1ccc(C2C(=O)NC(=O)/C(=C/c3cccc(OC(=O)c4cccs4)c3)C2=O)cc1Cl. The minimum atomic E-state index is -1.24. The topological polar surface area (TPSA) is 98.8 Å². The van der Waals surface area contributed by atoms with Gasteiger partial charge in [0.1, 0.15) is 22.3 Å². The van der Waals surface area contributed by atoms with E-state index in [2.05, 4.69) is 5.32 Å². The van der Waals surface area contributed by atoms with Gasteiger partial charge in [-0.15, -0.1) is 11.3 Å². The Balaban J connectivity index is 1.62. The molecule has 0 spiro atoms. The Morgan fingerprint density at radius 1 is 1.09 bits per heavy atom. The zero-order valence-corrected chi connectivity index (χ0v) is 18.7. The summed E-state index contributed by atoms with van der Waals surface area (Å²) in [7, 11) is 1.45. The molecule has 0 bridgehead atoms. The highest BCUT2D eigenvalue weighted by molar-refractivity contribution is 7.12. The molecular formula is C24H16ClNO6S. The first-order chi connectivity index (χ1) is 15.9. The summed E-state index contributed by atoms with van der Waals surface area (Å²) in [6, 6.07) is 14.3. The van der Waals surface area contributed by atoms with Gasteiger partial charge >= 0.3 is 5.97 Å². The van der Waals surface area contributed by atoms with Crippen LogP contribution in [0.1, 0.15) is 26.7 Å². The smallest absolute Gasteiger partial charge is 0.353 e. The first kappa shape index (κ1) is 22.4. The van der Waals surface area contributed by atoms with Gasteiger partial charge in [-0.3, -0.25) is 19.7 Å². The molecule has 1 aliphatic heterocycles. The van der Waals surface area contributed by atoms with E-state index in [0.717, 1.165) is 0 Å². The second-order valence-corrected chi connectivity index (χ2v) is 8.36. The number of ketones is 1. The summed E-state index contributed by atoms with van der Waals surface area (Å²) < 4.78 is 10.5. The van der Waals surface area contributed by atoms with Gasteiger partial charge in [-0.1, -0.05) is 35.9 Å². The number of thiophene rings is 1. The summed E-state index contributed by atoms with van der Waals surface area (Å²) in [5.41, 5.74) is 0.583. The molecule has 1 aromatic heterocycles. The average Bonchev–Trinajstić information content (AvgIpc) is 3.32. The summed E-state index contributed by atoms with van der Waals surface area (Å²) in [4.78, 5) is 50.6. The zero-order valence-electron chi connectivity index (χ0n) is 17.2. The van der Waals surface area contributed by atoms with Crippen LogP contribution in [-0.4, -0.2) is 30.7 Å². The molecule has 1 unspecified atom stereocenters. The molecule has 7 nitrogen and oxygen atoms in total. The third-order valence-corrected chi connectivity index (χ3v) is 6.03. The number of halogens is 1. The number of nitrogens with one attached hydrogen (secondary N) is 1. The van der Waals surface area contributed by atoms with Crippen molar-refractivity contribution in [1.82, 2.24) is 5.32 Å². The molecule has 0 saturated carbocycles. The molecule has 1 N–H and O–H groups in total. The molecule has 1 aliphatic rings. The second-order valence-electron chi connectivity index (χ2n) is 7.01. The van der Waals surface area contributed by atoms with Crippen LogP contribution in [0.3, 0.4) is 0 Å². The number of benzene rings is 2. The Labute approximate surface area is 197 Å². The van der Waals surface area contributed by atoms with Crippen molar-refractivity contribution in [2.24, 2.45) is 0 Å². The highest BCUT2D eigenvalue weighted by Crippen LogP contribution is 2.32. The van der Waals surface area contributed by atoms with Crippen molar-refractivity contribution >= 4 is 52.6 Å². The number of Topliss-reactive ketones (excluding diaryl/α,β-unsaturated/α-hetero) is 1. The molecule has 3 aromatic rings. The van der Waals surface area contributed by atoms with Gasteiger partial charge in [0, 0.05) is 0 Å². The minimum Gasteiger partial charge on any atom is -0.495 e. The van der Waals surface area contributed by atoms with Crippen LogP contribution >= 0.6 is 22.9 Å². The summed E-state index contributed by atoms with van der Waals surface area (Å²) in [5, 5.41) is 4.21. The van der Waals surface area contributed by atoms with Crippen LogP contribution in [0.2, 0.25) is 5.02 Å². The van der Waals surface area contributed by atoms with E-state index in [1.165, 1.54) is 36.7 Å². The third kappa shape index (κ3) is 4.72. The lowest BCUT2D eigenvalue weighted by Gasteiger charge is -2.22. The Bertz CT molecular complexity index is 1300. The van der Waals surface area contributed by atoms with Gasteiger partial charge in [0.15, 0.2) is 5.78 Å². The van der Waals surface area contributed by atoms with Gasteiger partial charge in [-0.2, -0.15) is 0 Å². The molecule has 4 rings (SSSR count). The van der Waals surface area contributed by atoms with Gasteiger partial charge in [-0.05, 0) is 52.9 Å². The maximum Gasteiger partial charge on any atom is 0.353 e. The molecule has 33 heavy (non-hydrogen) atoms. The molecule has 1 fully saturated rings. The molecule has 0 radical (unpaired) electrons. The molecule has 166 valence electrons. The van der Waals surface area contributed by atoms with E-state index < -0.39 is 29.5 Å². The largest absolute Gasteiger partial charge is 0.495 e.